The standard InChI is InChI=1S/C15H19N3OS/c16-13-9-5-4-8-12(13)15-17-14(18-19-15)10-20-11-6-2-1-3-7-11/h4-5,8-9,11H,1-3,6-7,10,16H2. The summed E-state index contributed by atoms with van der Waals surface area (Å²) in [5, 5.41) is 4.81. The van der Waals surface area contributed by atoms with Crippen molar-refractivity contribution in [2.45, 2.75) is 43.1 Å². The summed E-state index contributed by atoms with van der Waals surface area (Å²) in [5.74, 6) is 2.10. The van der Waals surface area contributed by atoms with E-state index in [0.29, 0.717) is 11.6 Å². The maximum Gasteiger partial charge on any atom is 0.260 e. The molecule has 3 rings (SSSR count). The molecule has 4 nitrogen and oxygen atoms in total. The topological polar surface area (TPSA) is 64.9 Å². The second kappa shape index (κ2) is 6.31. The van der Waals surface area contributed by atoms with Crippen LogP contribution in [0.15, 0.2) is 28.8 Å². The SMILES string of the molecule is Nc1ccccc1-c1nc(CSC2CCCCC2)no1. The fourth-order valence-electron chi connectivity index (χ4n) is 2.54. The van der Waals surface area contributed by atoms with Crippen LogP contribution >= 0.6 is 11.8 Å². The Bertz CT molecular complexity index is 564. The van der Waals surface area contributed by atoms with Crippen LogP contribution in [0.25, 0.3) is 11.5 Å². The van der Waals surface area contributed by atoms with E-state index >= 15 is 0 Å². The zero-order valence-corrected chi connectivity index (χ0v) is 12.2. The summed E-state index contributed by atoms with van der Waals surface area (Å²) < 4.78 is 5.32. The van der Waals surface area contributed by atoms with E-state index in [1.165, 1.54) is 32.1 Å². The van der Waals surface area contributed by atoms with Crippen LogP contribution in [0.4, 0.5) is 5.69 Å². The molecule has 0 atom stereocenters. The van der Waals surface area contributed by atoms with Gasteiger partial charge in [-0.25, -0.2) is 0 Å². The lowest BCUT2D eigenvalue weighted by molar-refractivity contribution is 0.425. The Morgan fingerprint density at radius 3 is 2.80 bits per heavy atom. The Morgan fingerprint density at radius 2 is 2.00 bits per heavy atom. The molecule has 1 saturated carbocycles. The predicted molar refractivity (Wildman–Crippen MR) is 82.3 cm³/mol. The van der Waals surface area contributed by atoms with Crippen molar-refractivity contribution in [2.24, 2.45) is 0 Å². The van der Waals surface area contributed by atoms with Gasteiger partial charge >= 0.3 is 0 Å². The Kier molecular flexibility index (Phi) is 4.25. The summed E-state index contributed by atoms with van der Waals surface area (Å²) in [6.45, 7) is 0. The third-order valence-corrected chi connectivity index (χ3v) is 5.03. The van der Waals surface area contributed by atoms with E-state index in [4.69, 9.17) is 10.3 Å². The van der Waals surface area contributed by atoms with Gasteiger partial charge in [0.05, 0.1) is 11.3 Å². The molecule has 0 radical (unpaired) electrons. The molecule has 1 aliphatic rings. The maximum absolute atomic E-state index is 5.92. The number of nitrogens with two attached hydrogens (primary N) is 1. The molecule has 0 unspecified atom stereocenters. The Morgan fingerprint density at radius 1 is 1.20 bits per heavy atom. The molecule has 1 fully saturated rings. The van der Waals surface area contributed by atoms with Gasteiger partial charge in [0.1, 0.15) is 0 Å². The molecule has 1 aliphatic carbocycles. The fourth-order valence-corrected chi connectivity index (χ4v) is 3.71. The van der Waals surface area contributed by atoms with Gasteiger partial charge in [0, 0.05) is 10.9 Å². The van der Waals surface area contributed by atoms with Gasteiger partial charge in [-0.2, -0.15) is 16.7 Å². The highest BCUT2D eigenvalue weighted by atomic mass is 32.2. The van der Waals surface area contributed by atoms with Gasteiger partial charge < -0.3 is 10.3 Å². The van der Waals surface area contributed by atoms with Crippen molar-refractivity contribution < 1.29 is 4.52 Å². The number of hydrogen-bond acceptors (Lipinski definition) is 5. The molecule has 0 saturated heterocycles. The number of thioether (sulfide) groups is 1. The number of benzene rings is 1. The molecule has 20 heavy (non-hydrogen) atoms. The molecule has 2 aromatic rings. The zero-order valence-electron chi connectivity index (χ0n) is 11.4. The number of rotatable bonds is 4. The van der Waals surface area contributed by atoms with E-state index in [1.807, 2.05) is 36.0 Å². The lowest BCUT2D eigenvalue weighted by Crippen LogP contribution is -2.08. The minimum atomic E-state index is 0.516. The molecular formula is C15H19N3OS. The largest absolute Gasteiger partial charge is 0.398 e. The molecule has 0 spiro atoms. The van der Waals surface area contributed by atoms with Gasteiger partial charge in [0.15, 0.2) is 5.82 Å². The predicted octanol–water partition coefficient (Wildman–Crippen LogP) is 3.88. The quantitative estimate of drug-likeness (QED) is 0.865. The molecule has 0 amide bonds. The molecule has 2 N–H and O–H groups in total. The smallest absolute Gasteiger partial charge is 0.260 e. The van der Waals surface area contributed by atoms with E-state index in [1.54, 1.807) is 0 Å². The van der Waals surface area contributed by atoms with Gasteiger partial charge in [-0.15, -0.1) is 0 Å². The van der Waals surface area contributed by atoms with Gasteiger partial charge in [-0.3, -0.25) is 0 Å². The minimum Gasteiger partial charge on any atom is -0.398 e. The van der Waals surface area contributed by atoms with E-state index < -0.39 is 0 Å². The van der Waals surface area contributed by atoms with Gasteiger partial charge in [0.2, 0.25) is 0 Å². The lowest BCUT2D eigenvalue weighted by atomic mass is 10.0. The van der Waals surface area contributed by atoms with E-state index in [9.17, 15) is 0 Å². The van der Waals surface area contributed by atoms with Crippen molar-refractivity contribution in [3.63, 3.8) is 0 Å². The number of nitrogen functional groups attached to an aromatic ring is 1. The molecule has 5 heteroatoms. The number of para-hydroxylation sites is 1. The average Bonchev–Trinajstić information content (AvgIpc) is 2.95. The normalized spacial score (nSPS) is 16.4. The lowest BCUT2D eigenvalue weighted by Gasteiger charge is -2.19. The van der Waals surface area contributed by atoms with Crippen LogP contribution in [0.1, 0.15) is 37.9 Å². The van der Waals surface area contributed by atoms with Crippen molar-refractivity contribution in [2.75, 3.05) is 5.73 Å². The van der Waals surface area contributed by atoms with Gasteiger partial charge in [0.25, 0.3) is 5.89 Å². The second-order valence-corrected chi connectivity index (χ2v) is 6.46. The number of nitrogens with zero attached hydrogens (tertiary/aromatic N) is 2. The number of hydrogen-bond donors (Lipinski definition) is 1. The van der Waals surface area contributed by atoms with Crippen LogP contribution in [-0.4, -0.2) is 15.4 Å². The summed E-state index contributed by atoms with van der Waals surface area (Å²) in [7, 11) is 0. The molecule has 1 aromatic heterocycles. The summed E-state index contributed by atoms with van der Waals surface area (Å²) in [4.78, 5) is 4.45. The monoisotopic (exact) mass is 289 g/mol. The number of aromatic nitrogens is 2. The second-order valence-electron chi connectivity index (χ2n) is 5.17. The first-order valence-corrected chi connectivity index (χ1v) is 8.17. The van der Waals surface area contributed by atoms with Crippen molar-refractivity contribution in [1.29, 1.82) is 0 Å². The van der Waals surface area contributed by atoms with Gasteiger partial charge in [-0.05, 0) is 25.0 Å². The van der Waals surface area contributed by atoms with E-state index in [2.05, 4.69) is 10.1 Å². The molecule has 1 heterocycles. The zero-order chi connectivity index (χ0) is 13.8. The van der Waals surface area contributed by atoms with Crippen LogP contribution in [0.3, 0.4) is 0 Å². The first kappa shape index (κ1) is 13.5. The van der Waals surface area contributed by atoms with Crippen LogP contribution in [-0.2, 0) is 5.75 Å². The Hall–Kier alpha value is -1.49. The van der Waals surface area contributed by atoms with Crippen molar-refractivity contribution in [3.8, 4) is 11.5 Å². The van der Waals surface area contributed by atoms with Crippen LogP contribution < -0.4 is 5.73 Å². The van der Waals surface area contributed by atoms with Crippen LogP contribution in [0.2, 0.25) is 0 Å². The fraction of sp³-hybridized carbons (Fsp3) is 0.467. The van der Waals surface area contributed by atoms with Gasteiger partial charge in [-0.1, -0.05) is 36.6 Å². The van der Waals surface area contributed by atoms with E-state index in [0.717, 1.165) is 22.4 Å². The first-order valence-electron chi connectivity index (χ1n) is 7.12. The molecule has 106 valence electrons. The molecule has 0 bridgehead atoms. The minimum absolute atomic E-state index is 0.516. The van der Waals surface area contributed by atoms with Crippen LogP contribution in [0.5, 0.6) is 0 Å². The van der Waals surface area contributed by atoms with Crippen LogP contribution in [0, 0.1) is 0 Å². The Labute approximate surface area is 123 Å². The third-order valence-electron chi connectivity index (χ3n) is 3.66. The summed E-state index contributed by atoms with van der Waals surface area (Å²) >= 11 is 1.95. The van der Waals surface area contributed by atoms with Crippen molar-refractivity contribution >= 4 is 17.4 Å². The highest BCUT2D eigenvalue weighted by Gasteiger charge is 2.16. The summed E-state index contributed by atoms with van der Waals surface area (Å²) in [6, 6.07) is 7.57. The average molecular weight is 289 g/mol. The third kappa shape index (κ3) is 3.15. The van der Waals surface area contributed by atoms with E-state index in [-0.39, 0.29) is 0 Å². The highest BCUT2D eigenvalue weighted by Crippen LogP contribution is 2.30. The van der Waals surface area contributed by atoms with Crippen molar-refractivity contribution in [1.82, 2.24) is 10.1 Å². The summed E-state index contributed by atoms with van der Waals surface area (Å²) in [5.41, 5.74) is 7.40. The molecular weight excluding hydrogens is 270 g/mol. The molecule has 1 aromatic carbocycles. The first-order chi connectivity index (χ1) is 9.83. The highest BCUT2D eigenvalue weighted by molar-refractivity contribution is 7.99. The number of anilines is 1. The van der Waals surface area contributed by atoms with Crippen molar-refractivity contribution in [3.05, 3.63) is 30.1 Å². The molecule has 0 aliphatic heterocycles. The maximum atomic E-state index is 5.92. The summed E-state index contributed by atoms with van der Waals surface area (Å²) in [6.07, 6.45) is 6.74. The Balaban J connectivity index is 1.63.